The minimum Gasteiger partial charge on any atom is -0.466 e. The van der Waals surface area contributed by atoms with Crippen molar-refractivity contribution >= 4 is 11.7 Å². The Bertz CT molecular complexity index is 346. The van der Waals surface area contributed by atoms with Gasteiger partial charge in [-0.3, -0.25) is 4.79 Å². The summed E-state index contributed by atoms with van der Waals surface area (Å²) in [4.78, 5) is 11.2. The molecule has 94 valence electrons. The van der Waals surface area contributed by atoms with Crippen molar-refractivity contribution in [3.8, 4) is 0 Å². The number of rotatable bonds is 6. The highest BCUT2D eigenvalue weighted by atomic mass is 16.5. The van der Waals surface area contributed by atoms with E-state index in [4.69, 9.17) is 10.5 Å². The van der Waals surface area contributed by atoms with Crippen LogP contribution in [0.4, 0.5) is 5.69 Å². The van der Waals surface area contributed by atoms with Gasteiger partial charge < -0.3 is 10.5 Å². The van der Waals surface area contributed by atoms with Crippen LogP contribution in [0.3, 0.4) is 0 Å². The van der Waals surface area contributed by atoms with Crippen molar-refractivity contribution in [2.24, 2.45) is 5.92 Å². The molecule has 0 saturated carbocycles. The van der Waals surface area contributed by atoms with Crippen molar-refractivity contribution in [2.75, 3.05) is 12.3 Å². The van der Waals surface area contributed by atoms with E-state index in [1.165, 1.54) is 5.56 Å². The smallest absolute Gasteiger partial charge is 0.305 e. The largest absolute Gasteiger partial charge is 0.466 e. The lowest BCUT2D eigenvalue weighted by molar-refractivity contribution is -0.143. The van der Waals surface area contributed by atoms with E-state index in [0.29, 0.717) is 18.9 Å². The lowest BCUT2D eigenvalue weighted by Crippen LogP contribution is -2.08. The molecule has 0 aliphatic carbocycles. The van der Waals surface area contributed by atoms with Gasteiger partial charge in [0.05, 0.1) is 6.61 Å². The zero-order chi connectivity index (χ0) is 12.7. The Morgan fingerprint density at radius 3 is 2.59 bits per heavy atom. The summed E-state index contributed by atoms with van der Waals surface area (Å²) in [6.45, 7) is 4.44. The van der Waals surface area contributed by atoms with E-state index in [0.717, 1.165) is 18.5 Å². The summed E-state index contributed by atoms with van der Waals surface area (Å²) in [7, 11) is 0. The molecule has 1 aromatic carbocycles. The molecule has 0 amide bonds. The highest BCUT2D eigenvalue weighted by molar-refractivity contribution is 5.69. The van der Waals surface area contributed by atoms with Gasteiger partial charge in [-0.05, 0) is 43.4 Å². The average molecular weight is 235 g/mol. The molecular weight excluding hydrogens is 214 g/mol. The molecule has 0 radical (unpaired) electrons. The Morgan fingerprint density at radius 1 is 1.35 bits per heavy atom. The van der Waals surface area contributed by atoms with Gasteiger partial charge in [0.2, 0.25) is 0 Å². The molecule has 0 spiro atoms. The van der Waals surface area contributed by atoms with E-state index in [-0.39, 0.29) is 5.97 Å². The molecule has 0 bridgehead atoms. The fourth-order valence-corrected chi connectivity index (χ4v) is 1.76. The summed E-state index contributed by atoms with van der Waals surface area (Å²) in [5, 5.41) is 0. The molecule has 1 aromatic rings. The summed E-state index contributed by atoms with van der Waals surface area (Å²) < 4.78 is 4.90. The van der Waals surface area contributed by atoms with Gasteiger partial charge in [0, 0.05) is 12.1 Å². The number of ether oxygens (including phenoxy) is 1. The maximum Gasteiger partial charge on any atom is 0.305 e. The van der Waals surface area contributed by atoms with Gasteiger partial charge in [-0.15, -0.1) is 0 Å². The highest BCUT2D eigenvalue weighted by Crippen LogP contribution is 2.15. The number of esters is 1. The molecule has 0 aliphatic heterocycles. The number of nitrogen functional groups attached to an aromatic ring is 1. The van der Waals surface area contributed by atoms with E-state index in [1.807, 2.05) is 31.2 Å². The second-order valence-electron chi connectivity index (χ2n) is 4.39. The van der Waals surface area contributed by atoms with Crippen LogP contribution in [0.1, 0.15) is 32.3 Å². The first-order valence-electron chi connectivity index (χ1n) is 6.12. The van der Waals surface area contributed by atoms with Gasteiger partial charge in [0.15, 0.2) is 0 Å². The highest BCUT2D eigenvalue weighted by Gasteiger charge is 2.08. The normalized spacial score (nSPS) is 12.1. The number of hydrogen-bond donors (Lipinski definition) is 1. The minimum atomic E-state index is -0.100. The Kier molecular flexibility index (Phi) is 5.53. The van der Waals surface area contributed by atoms with Crippen LogP contribution >= 0.6 is 0 Å². The minimum absolute atomic E-state index is 0.100. The van der Waals surface area contributed by atoms with Crippen LogP contribution in [0.25, 0.3) is 0 Å². The topological polar surface area (TPSA) is 52.3 Å². The van der Waals surface area contributed by atoms with Crippen molar-refractivity contribution < 1.29 is 9.53 Å². The number of hydrogen-bond acceptors (Lipinski definition) is 3. The van der Waals surface area contributed by atoms with Crippen LogP contribution < -0.4 is 5.73 Å². The second-order valence-corrected chi connectivity index (χ2v) is 4.39. The standard InChI is InChI=1S/C14H21NO2/c1-3-17-14(16)9-4-11(2)10-12-5-7-13(15)8-6-12/h5-8,11H,3-4,9-10,15H2,1-2H3. The Balaban J connectivity index is 2.31. The van der Waals surface area contributed by atoms with E-state index < -0.39 is 0 Å². The molecule has 17 heavy (non-hydrogen) atoms. The average Bonchev–Trinajstić information content (AvgIpc) is 2.30. The number of anilines is 1. The van der Waals surface area contributed by atoms with Gasteiger partial charge in [0.25, 0.3) is 0 Å². The lowest BCUT2D eigenvalue weighted by Gasteiger charge is -2.11. The van der Waals surface area contributed by atoms with Crippen molar-refractivity contribution in [3.63, 3.8) is 0 Å². The van der Waals surface area contributed by atoms with Gasteiger partial charge in [-0.1, -0.05) is 19.1 Å². The number of carbonyl (C=O) groups excluding carboxylic acids is 1. The van der Waals surface area contributed by atoms with Crippen molar-refractivity contribution in [2.45, 2.75) is 33.1 Å². The number of nitrogens with two attached hydrogens (primary N) is 1. The number of benzene rings is 1. The fraction of sp³-hybridized carbons (Fsp3) is 0.500. The summed E-state index contributed by atoms with van der Waals surface area (Å²) in [5.74, 6) is 0.375. The molecule has 0 fully saturated rings. The van der Waals surface area contributed by atoms with Crippen molar-refractivity contribution in [3.05, 3.63) is 29.8 Å². The molecule has 3 heteroatoms. The third-order valence-corrected chi connectivity index (χ3v) is 2.71. The summed E-state index contributed by atoms with van der Waals surface area (Å²) in [6.07, 6.45) is 2.34. The van der Waals surface area contributed by atoms with Gasteiger partial charge >= 0.3 is 5.97 Å². The molecule has 0 aromatic heterocycles. The molecule has 1 atom stereocenters. The maximum absolute atomic E-state index is 11.2. The summed E-state index contributed by atoms with van der Waals surface area (Å²) in [6, 6.07) is 7.90. The predicted molar refractivity (Wildman–Crippen MR) is 69.6 cm³/mol. The van der Waals surface area contributed by atoms with Crippen LogP contribution in [0, 0.1) is 5.92 Å². The molecule has 0 heterocycles. The molecular formula is C14H21NO2. The van der Waals surface area contributed by atoms with Crippen LogP contribution in [0.5, 0.6) is 0 Å². The molecule has 1 unspecified atom stereocenters. The Morgan fingerprint density at radius 2 is 2.00 bits per heavy atom. The molecule has 1 rings (SSSR count). The monoisotopic (exact) mass is 235 g/mol. The summed E-state index contributed by atoms with van der Waals surface area (Å²) in [5.41, 5.74) is 7.67. The van der Waals surface area contributed by atoms with Crippen LogP contribution in [-0.4, -0.2) is 12.6 Å². The SMILES string of the molecule is CCOC(=O)CCC(C)Cc1ccc(N)cc1. The first-order valence-corrected chi connectivity index (χ1v) is 6.12. The third-order valence-electron chi connectivity index (χ3n) is 2.71. The predicted octanol–water partition coefficient (Wildman–Crippen LogP) is 2.79. The fourth-order valence-electron chi connectivity index (χ4n) is 1.76. The van der Waals surface area contributed by atoms with E-state index in [1.54, 1.807) is 0 Å². The van der Waals surface area contributed by atoms with Crippen LogP contribution in [0.2, 0.25) is 0 Å². The van der Waals surface area contributed by atoms with Crippen molar-refractivity contribution in [1.29, 1.82) is 0 Å². The zero-order valence-corrected chi connectivity index (χ0v) is 10.6. The van der Waals surface area contributed by atoms with E-state index in [9.17, 15) is 4.79 Å². The quantitative estimate of drug-likeness (QED) is 0.609. The van der Waals surface area contributed by atoms with Crippen molar-refractivity contribution in [1.82, 2.24) is 0 Å². The third kappa shape index (κ3) is 5.38. The molecule has 0 aliphatic rings. The van der Waals surface area contributed by atoms with Gasteiger partial charge in [-0.25, -0.2) is 0 Å². The van der Waals surface area contributed by atoms with Gasteiger partial charge in [0.1, 0.15) is 0 Å². The lowest BCUT2D eigenvalue weighted by atomic mass is 9.96. The van der Waals surface area contributed by atoms with Gasteiger partial charge in [-0.2, -0.15) is 0 Å². The second kappa shape index (κ2) is 6.94. The van der Waals surface area contributed by atoms with Crippen LogP contribution in [-0.2, 0) is 16.0 Å². The first-order chi connectivity index (χ1) is 8.11. The summed E-state index contributed by atoms with van der Waals surface area (Å²) >= 11 is 0. The Hall–Kier alpha value is -1.51. The molecule has 3 nitrogen and oxygen atoms in total. The molecule has 2 N–H and O–H groups in total. The zero-order valence-electron chi connectivity index (χ0n) is 10.6. The maximum atomic E-state index is 11.2. The van der Waals surface area contributed by atoms with E-state index in [2.05, 4.69) is 6.92 Å². The first kappa shape index (κ1) is 13.6. The Labute approximate surface area is 103 Å². The number of carbonyl (C=O) groups is 1. The molecule has 0 saturated heterocycles. The van der Waals surface area contributed by atoms with Crippen LogP contribution in [0.15, 0.2) is 24.3 Å². The van der Waals surface area contributed by atoms with E-state index >= 15 is 0 Å².